The average molecular weight is 424 g/mol. The summed E-state index contributed by atoms with van der Waals surface area (Å²) in [4.78, 5) is 28.4. The summed E-state index contributed by atoms with van der Waals surface area (Å²) in [6.07, 6.45) is 1.14. The van der Waals surface area contributed by atoms with Gasteiger partial charge >= 0.3 is 5.69 Å². The van der Waals surface area contributed by atoms with Gasteiger partial charge in [-0.1, -0.05) is 18.2 Å². The highest BCUT2D eigenvalue weighted by atomic mass is 16.6. The van der Waals surface area contributed by atoms with Gasteiger partial charge in [0.2, 0.25) is 5.75 Å². The number of nitro benzene ring substituents is 1. The fourth-order valence-corrected chi connectivity index (χ4v) is 3.17. The van der Waals surface area contributed by atoms with Crippen LogP contribution in [0.3, 0.4) is 0 Å². The topological polar surface area (TPSA) is 101 Å². The Bertz CT molecular complexity index is 1190. The monoisotopic (exact) mass is 424 g/mol. The van der Waals surface area contributed by atoms with Crippen LogP contribution in [0.5, 0.6) is 11.5 Å². The maximum absolute atomic E-state index is 13.0. The average Bonchev–Trinajstić information content (AvgIpc) is 2.95. The van der Waals surface area contributed by atoms with Gasteiger partial charge in [-0.3, -0.25) is 19.6 Å². The molecule has 0 amide bonds. The van der Waals surface area contributed by atoms with E-state index in [0.29, 0.717) is 16.9 Å². The molecule has 1 aromatic heterocycles. The molecule has 1 heterocycles. The molecule has 0 aliphatic carbocycles. The SMILES string of the molecule is COc1cc(C=Nc2c(C)n(C)n(-c3ccccc3)c2=O)cc([N+](=O)[O-])c1OC(C)C. The molecule has 31 heavy (non-hydrogen) atoms. The van der Waals surface area contributed by atoms with E-state index in [1.807, 2.05) is 30.3 Å². The lowest BCUT2D eigenvalue weighted by Gasteiger charge is -2.14. The summed E-state index contributed by atoms with van der Waals surface area (Å²) in [7, 11) is 3.18. The third-order valence-electron chi connectivity index (χ3n) is 4.69. The van der Waals surface area contributed by atoms with E-state index < -0.39 is 4.92 Å². The Labute approximate surface area is 179 Å². The number of aromatic nitrogens is 2. The van der Waals surface area contributed by atoms with Gasteiger partial charge in [0.1, 0.15) is 0 Å². The van der Waals surface area contributed by atoms with Crippen LogP contribution in [0.4, 0.5) is 11.4 Å². The molecule has 0 fully saturated rings. The van der Waals surface area contributed by atoms with Crippen LogP contribution in [0.25, 0.3) is 5.69 Å². The second-order valence-corrected chi connectivity index (χ2v) is 7.16. The zero-order chi connectivity index (χ0) is 22.7. The van der Waals surface area contributed by atoms with E-state index in [2.05, 4.69) is 4.99 Å². The van der Waals surface area contributed by atoms with Crippen molar-refractivity contribution in [3.05, 3.63) is 74.2 Å². The van der Waals surface area contributed by atoms with Gasteiger partial charge in [0.05, 0.1) is 29.5 Å². The summed E-state index contributed by atoms with van der Waals surface area (Å²) in [5, 5.41) is 11.6. The Morgan fingerprint density at radius 2 is 1.87 bits per heavy atom. The number of aliphatic imine (C=N–C) groups is 1. The zero-order valence-corrected chi connectivity index (χ0v) is 18.0. The van der Waals surface area contributed by atoms with Gasteiger partial charge in [0.15, 0.2) is 11.4 Å². The van der Waals surface area contributed by atoms with Crippen molar-refractivity contribution in [2.24, 2.45) is 12.0 Å². The molecule has 0 N–H and O–H groups in total. The number of ether oxygens (including phenoxy) is 2. The van der Waals surface area contributed by atoms with Gasteiger partial charge in [-0.05, 0) is 39.0 Å². The van der Waals surface area contributed by atoms with E-state index in [4.69, 9.17) is 9.47 Å². The highest BCUT2D eigenvalue weighted by Crippen LogP contribution is 2.38. The second kappa shape index (κ2) is 8.86. The molecule has 0 saturated carbocycles. The molecule has 0 aliphatic rings. The molecular formula is C22H24N4O5. The van der Waals surface area contributed by atoms with Gasteiger partial charge in [0, 0.05) is 24.9 Å². The molecule has 0 spiro atoms. The molecule has 0 atom stereocenters. The van der Waals surface area contributed by atoms with Crippen molar-refractivity contribution in [1.82, 2.24) is 9.36 Å². The predicted octanol–water partition coefficient (Wildman–Crippen LogP) is 3.94. The number of hydrogen-bond donors (Lipinski definition) is 0. The summed E-state index contributed by atoms with van der Waals surface area (Å²) >= 11 is 0. The molecule has 3 rings (SSSR count). The van der Waals surface area contributed by atoms with E-state index in [1.165, 1.54) is 24.1 Å². The van der Waals surface area contributed by atoms with Crippen LogP contribution in [0.15, 0.2) is 52.3 Å². The Morgan fingerprint density at radius 1 is 1.19 bits per heavy atom. The van der Waals surface area contributed by atoms with E-state index >= 15 is 0 Å². The summed E-state index contributed by atoms with van der Waals surface area (Å²) in [5.41, 5.74) is 1.51. The van der Waals surface area contributed by atoms with Crippen molar-refractivity contribution in [1.29, 1.82) is 0 Å². The third-order valence-corrected chi connectivity index (χ3v) is 4.69. The van der Waals surface area contributed by atoms with Crippen molar-refractivity contribution in [2.45, 2.75) is 26.9 Å². The Morgan fingerprint density at radius 3 is 2.45 bits per heavy atom. The molecule has 0 radical (unpaired) electrons. The van der Waals surface area contributed by atoms with Crippen molar-refractivity contribution >= 4 is 17.6 Å². The number of rotatable bonds is 7. The lowest BCUT2D eigenvalue weighted by Crippen LogP contribution is -2.19. The second-order valence-electron chi connectivity index (χ2n) is 7.16. The van der Waals surface area contributed by atoms with Crippen LogP contribution < -0.4 is 15.0 Å². The van der Waals surface area contributed by atoms with Gasteiger partial charge < -0.3 is 9.47 Å². The number of para-hydroxylation sites is 1. The molecule has 3 aromatic rings. The largest absolute Gasteiger partial charge is 0.493 e. The van der Waals surface area contributed by atoms with Gasteiger partial charge in [-0.2, -0.15) is 0 Å². The summed E-state index contributed by atoms with van der Waals surface area (Å²) < 4.78 is 14.1. The molecule has 162 valence electrons. The minimum absolute atomic E-state index is 0.0574. The highest BCUT2D eigenvalue weighted by Gasteiger charge is 2.23. The third kappa shape index (κ3) is 4.35. The first-order chi connectivity index (χ1) is 14.7. The van der Waals surface area contributed by atoms with Crippen molar-refractivity contribution in [3.8, 4) is 17.2 Å². The molecule has 2 aromatic carbocycles. The predicted molar refractivity (Wildman–Crippen MR) is 118 cm³/mol. The molecule has 0 saturated heterocycles. The van der Waals surface area contributed by atoms with E-state index in [0.717, 1.165) is 0 Å². The Balaban J connectivity index is 2.08. The van der Waals surface area contributed by atoms with Crippen molar-refractivity contribution in [2.75, 3.05) is 7.11 Å². The molecule has 9 nitrogen and oxygen atoms in total. The first-order valence-electron chi connectivity index (χ1n) is 9.65. The molecular weight excluding hydrogens is 400 g/mol. The van der Waals surface area contributed by atoms with Gasteiger partial charge in [0.25, 0.3) is 5.56 Å². The van der Waals surface area contributed by atoms with Gasteiger partial charge in [-0.15, -0.1) is 0 Å². The normalized spacial score (nSPS) is 11.3. The summed E-state index contributed by atoms with van der Waals surface area (Å²) in [6, 6.07) is 12.2. The summed E-state index contributed by atoms with van der Waals surface area (Å²) in [6.45, 7) is 5.33. The number of methoxy groups -OCH3 is 1. The van der Waals surface area contributed by atoms with E-state index in [1.54, 1.807) is 38.6 Å². The standard InChI is InChI=1S/C22H24N4O5/c1-14(2)31-21-18(26(28)29)11-16(12-19(21)30-5)13-23-20-15(3)24(4)25(22(20)27)17-9-7-6-8-10-17/h6-14H,1-5H3. The molecule has 0 bridgehead atoms. The number of nitrogens with zero attached hydrogens (tertiary/aromatic N) is 4. The number of hydrogen-bond acceptors (Lipinski definition) is 6. The molecule has 9 heteroatoms. The van der Waals surface area contributed by atoms with Crippen LogP contribution in [0.2, 0.25) is 0 Å². The minimum atomic E-state index is -0.534. The zero-order valence-electron chi connectivity index (χ0n) is 18.0. The Hall–Kier alpha value is -3.88. The van der Waals surface area contributed by atoms with Crippen LogP contribution in [-0.2, 0) is 7.05 Å². The maximum atomic E-state index is 13.0. The quantitative estimate of drug-likeness (QED) is 0.325. The highest BCUT2D eigenvalue weighted by molar-refractivity contribution is 5.85. The smallest absolute Gasteiger partial charge is 0.315 e. The molecule has 0 aliphatic heterocycles. The maximum Gasteiger partial charge on any atom is 0.315 e. The van der Waals surface area contributed by atoms with Crippen LogP contribution in [0, 0.1) is 17.0 Å². The van der Waals surface area contributed by atoms with E-state index in [-0.39, 0.29) is 34.5 Å². The first kappa shape index (κ1) is 21.8. The number of benzene rings is 2. The lowest BCUT2D eigenvalue weighted by molar-refractivity contribution is -0.386. The molecule has 0 unspecified atom stereocenters. The van der Waals surface area contributed by atoms with Crippen LogP contribution in [0.1, 0.15) is 25.1 Å². The fourth-order valence-electron chi connectivity index (χ4n) is 3.17. The van der Waals surface area contributed by atoms with Gasteiger partial charge in [-0.25, -0.2) is 9.67 Å². The number of nitro groups is 1. The summed E-state index contributed by atoms with van der Waals surface area (Å²) in [5.74, 6) is 0.276. The van der Waals surface area contributed by atoms with E-state index in [9.17, 15) is 14.9 Å². The van der Waals surface area contributed by atoms with Crippen molar-refractivity contribution in [3.63, 3.8) is 0 Å². The minimum Gasteiger partial charge on any atom is -0.493 e. The lowest BCUT2D eigenvalue weighted by atomic mass is 10.1. The van der Waals surface area contributed by atoms with Crippen LogP contribution in [-0.4, -0.2) is 33.7 Å². The first-order valence-corrected chi connectivity index (χ1v) is 9.65. The fraction of sp³-hybridized carbons (Fsp3) is 0.273. The van der Waals surface area contributed by atoms with Crippen LogP contribution >= 0.6 is 0 Å². The van der Waals surface area contributed by atoms with Crippen molar-refractivity contribution < 1.29 is 14.4 Å². The Kier molecular flexibility index (Phi) is 6.24.